The van der Waals surface area contributed by atoms with E-state index in [4.69, 9.17) is 16.6 Å². The van der Waals surface area contributed by atoms with Gasteiger partial charge in [-0.25, -0.2) is 0 Å². The molecule has 200 valence electrons. The fourth-order valence-corrected chi connectivity index (χ4v) is 6.02. The summed E-state index contributed by atoms with van der Waals surface area (Å²) in [6.45, 7) is 12.0. The Balaban J connectivity index is 1.53. The molecule has 0 saturated carbocycles. The molecule has 0 bridgehead atoms. The Kier molecular flexibility index (Phi) is 8.97. The van der Waals surface area contributed by atoms with Crippen LogP contribution in [0, 0.1) is 11.3 Å². The summed E-state index contributed by atoms with van der Waals surface area (Å²) >= 11 is 9.72. The molecule has 2 aliphatic heterocycles. The van der Waals surface area contributed by atoms with E-state index in [9.17, 15) is 9.59 Å². The highest BCUT2D eigenvalue weighted by Gasteiger charge is 2.41. The van der Waals surface area contributed by atoms with E-state index in [1.807, 2.05) is 29.3 Å². The third-order valence-electron chi connectivity index (χ3n) is 7.84. The average Bonchev–Trinajstić information content (AvgIpc) is 2.86. The first kappa shape index (κ1) is 28.1. The van der Waals surface area contributed by atoms with Gasteiger partial charge in [-0.1, -0.05) is 44.5 Å². The highest BCUT2D eigenvalue weighted by molar-refractivity contribution is 9.10. The van der Waals surface area contributed by atoms with E-state index in [0.717, 1.165) is 54.8 Å². The lowest BCUT2D eigenvalue weighted by atomic mass is 9.82. The van der Waals surface area contributed by atoms with Crippen molar-refractivity contribution < 1.29 is 9.59 Å². The second-order valence-corrected chi connectivity index (χ2v) is 12.8. The van der Waals surface area contributed by atoms with Gasteiger partial charge in [0.25, 0.3) is 0 Å². The highest BCUT2D eigenvalue weighted by atomic mass is 79.9. The molecule has 2 amide bonds. The van der Waals surface area contributed by atoms with E-state index in [-0.39, 0.29) is 29.3 Å². The molecule has 37 heavy (non-hydrogen) atoms. The number of nitrogens with zero attached hydrogens (tertiary/aromatic N) is 4. The van der Waals surface area contributed by atoms with Crippen molar-refractivity contribution in [3.8, 4) is 0 Å². The lowest BCUT2D eigenvalue weighted by Crippen LogP contribution is -2.60. The Morgan fingerprint density at radius 2 is 1.73 bits per heavy atom. The van der Waals surface area contributed by atoms with E-state index >= 15 is 0 Å². The molecule has 1 aromatic heterocycles. The first-order chi connectivity index (χ1) is 17.5. The molecule has 1 unspecified atom stereocenters. The minimum Gasteiger partial charge on any atom is -0.343 e. The molecule has 0 N–H and O–H groups in total. The Hall–Kier alpha value is -1.96. The Bertz CT molecular complexity index is 1030. The van der Waals surface area contributed by atoms with Crippen molar-refractivity contribution in [1.29, 1.82) is 0 Å². The lowest BCUT2D eigenvalue weighted by Gasteiger charge is -2.49. The second kappa shape index (κ2) is 11.8. The summed E-state index contributed by atoms with van der Waals surface area (Å²) < 4.78 is 0.947. The molecule has 1 aromatic carbocycles. The number of carbonyl (C=O) groups excluding carboxylic acids is 2. The van der Waals surface area contributed by atoms with Crippen molar-refractivity contribution in [2.24, 2.45) is 11.3 Å². The topological polar surface area (TPSA) is 56.8 Å². The first-order valence-corrected chi connectivity index (χ1v) is 14.4. The van der Waals surface area contributed by atoms with Crippen molar-refractivity contribution in [2.75, 3.05) is 32.7 Å². The highest BCUT2D eigenvalue weighted by Crippen LogP contribution is 2.36. The zero-order valence-electron chi connectivity index (χ0n) is 22.3. The molecule has 2 aliphatic rings. The molecule has 3 heterocycles. The van der Waals surface area contributed by atoms with Gasteiger partial charge in [0.2, 0.25) is 11.8 Å². The standard InChI is InChI=1S/C29H38BrClN4O2/c1-20(36)33-13-11-21(12-14-33)17-27(37)35-16-15-34(19-26(35)29(2,3)4)28(22-5-8-24(31)9-6-22)25-10-7-23(30)18-32-25/h5-10,18,21,26,28H,11-17,19H2,1-4H3/t26-,28?/m1/s1. The summed E-state index contributed by atoms with van der Waals surface area (Å²) in [5.74, 6) is 0.713. The van der Waals surface area contributed by atoms with Crippen LogP contribution in [-0.2, 0) is 9.59 Å². The van der Waals surface area contributed by atoms with Crippen LogP contribution in [0.5, 0.6) is 0 Å². The third kappa shape index (κ3) is 6.92. The number of hydrogen-bond donors (Lipinski definition) is 0. The maximum Gasteiger partial charge on any atom is 0.223 e. The Morgan fingerprint density at radius 3 is 2.30 bits per heavy atom. The zero-order valence-corrected chi connectivity index (χ0v) is 24.6. The van der Waals surface area contributed by atoms with Crippen LogP contribution in [0.2, 0.25) is 5.02 Å². The fourth-order valence-electron chi connectivity index (χ4n) is 5.66. The number of halogens is 2. The van der Waals surface area contributed by atoms with Gasteiger partial charge in [0.05, 0.1) is 11.7 Å². The van der Waals surface area contributed by atoms with Crippen LogP contribution in [0.25, 0.3) is 0 Å². The van der Waals surface area contributed by atoms with Crippen LogP contribution < -0.4 is 0 Å². The molecular formula is C29H38BrClN4O2. The normalized spacial score (nSPS) is 20.6. The van der Waals surface area contributed by atoms with Crippen LogP contribution in [0.3, 0.4) is 0 Å². The number of hydrogen-bond acceptors (Lipinski definition) is 4. The van der Waals surface area contributed by atoms with Gasteiger partial charge >= 0.3 is 0 Å². The quantitative estimate of drug-likeness (QED) is 0.443. The second-order valence-electron chi connectivity index (χ2n) is 11.5. The number of pyridine rings is 1. The molecule has 2 fully saturated rings. The van der Waals surface area contributed by atoms with Crippen LogP contribution in [0.15, 0.2) is 47.1 Å². The number of piperazine rings is 1. The van der Waals surface area contributed by atoms with E-state index in [1.165, 1.54) is 0 Å². The van der Waals surface area contributed by atoms with Gasteiger partial charge in [0.15, 0.2) is 0 Å². The molecule has 0 radical (unpaired) electrons. The molecule has 2 saturated heterocycles. The van der Waals surface area contributed by atoms with Crippen molar-refractivity contribution >= 4 is 39.3 Å². The summed E-state index contributed by atoms with van der Waals surface area (Å²) in [5, 5.41) is 0.711. The molecule has 0 aliphatic carbocycles. The third-order valence-corrected chi connectivity index (χ3v) is 8.56. The van der Waals surface area contributed by atoms with Crippen molar-refractivity contribution in [1.82, 2.24) is 19.7 Å². The molecule has 4 rings (SSSR count). The molecule has 0 spiro atoms. The maximum absolute atomic E-state index is 13.6. The number of rotatable bonds is 5. The van der Waals surface area contributed by atoms with Crippen LogP contribution in [0.1, 0.15) is 64.3 Å². The van der Waals surface area contributed by atoms with Gasteiger partial charge in [-0.05, 0) is 69.9 Å². The summed E-state index contributed by atoms with van der Waals surface area (Å²) in [6, 6.07) is 12.2. The van der Waals surface area contributed by atoms with Gasteiger partial charge in [-0.2, -0.15) is 0 Å². The van der Waals surface area contributed by atoms with E-state index in [2.05, 4.69) is 64.7 Å². The molecule has 8 heteroatoms. The predicted octanol–water partition coefficient (Wildman–Crippen LogP) is 5.79. The summed E-state index contributed by atoms with van der Waals surface area (Å²) in [4.78, 5) is 36.6. The monoisotopic (exact) mass is 588 g/mol. The Labute approximate surface area is 234 Å². The number of aromatic nitrogens is 1. The van der Waals surface area contributed by atoms with Gasteiger partial charge in [-0.15, -0.1) is 0 Å². The number of piperidine rings is 1. The SMILES string of the molecule is CC(=O)N1CCC(CC(=O)N2CCN(C(c3ccc(Cl)cc3)c3ccc(Br)cn3)C[C@@H]2C(C)(C)C)CC1. The largest absolute Gasteiger partial charge is 0.343 e. The summed E-state index contributed by atoms with van der Waals surface area (Å²) in [7, 11) is 0. The smallest absolute Gasteiger partial charge is 0.223 e. The van der Waals surface area contributed by atoms with E-state index in [0.29, 0.717) is 23.9 Å². The van der Waals surface area contributed by atoms with Gasteiger partial charge in [0.1, 0.15) is 0 Å². The maximum atomic E-state index is 13.6. The first-order valence-electron chi connectivity index (χ1n) is 13.2. The van der Waals surface area contributed by atoms with Gasteiger partial charge in [0, 0.05) is 67.8 Å². The Morgan fingerprint density at radius 1 is 1.05 bits per heavy atom. The van der Waals surface area contributed by atoms with Crippen molar-refractivity contribution in [3.05, 3.63) is 63.3 Å². The number of likely N-dealkylation sites (tertiary alicyclic amines) is 1. The molecule has 2 aromatic rings. The predicted molar refractivity (Wildman–Crippen MR) is 151 cm³/mol. The number of carbonyl (C=O) groups is 2. The number of amides is 2. The molecule has 6 nitrogen and oxygen atoms in total. The van der Waals surface area contributed by atoms with Gasteiger partial charge in [-0.3, -0.25) is 19.5 Å². The van der Waals surface area contributed by atoms with Crippen LogP contribution in [-0.4, -0.2) is 70.3 Å². The lowest BCUT2D eigenvalue weighted by molar-refractivity contribution is -0.141. The minimum absolute atomic E-state index is 0.0247. The van der Waals surface area contributed by atoms with E-state index < -0.39 is 0 Å². The summed E-state index contributed by atoms with van der Waals surface area (Å²) in [5.41, 5.74) is 2.04. The van der Waals surface area contributed by atoms with Crippen LogP contribution in [0.4, 0.5) is 0 Å². The minimum atomic E-state index is -0.0794. The summed E-state index contributed by atoms with van der Waals surface area (Å²) in [6.07, 6.45) is 4.21. The fraction of sp³-hybridized carbons (Fsp3) is 0.552. The average molecular weight is 590 g/mol. The van der Waals surface area contributed by atoms with Crippen LogP contribution >= 0.6 is 27.5 Å². The number of benzene rings is 1. The molecule has 2 atom stereocenters. The van der Waals surface area contributed by atoms with Crippen molar-refractivity contribution in [3.63, 3.8) is 0 Å². The van der Waals surface area contributed by atoms with Crippen molar-refractivity contribution in [2.45, 2.75) is 59.0 Å². The molecular weight excluding hydrogens is 552 g/mol. The van der Waals surface area contributed by atoms with E-state index in [1.54, 1.807) is 6.92 Å². The zero-order chi connectivity index (χ0) is 26.7. The van der Waals surface area contributed by atoms with Gasteiger partial charge < -0.3 is 9.80 Å².